The van der Waals surface area contributed by atoms with Crippen molar-refractivity contribution in [2.45, 2.75) is 30.3 Å². The molecular weight excluding hydrogens is 394 g/mol. The van der Waals surface area contributed by atoms with E-state index in [2.05, 4.69) is 10.1 Å². The smallest absolute Gasteiger partial charge is 0.306 e. The van der Waals surface area contributed by atoms with Crippen LogP contribution in [-0.4, -0.2) is 46.3 Å². The van der Waals surface area contributed by atoms with Gasteiger partial charge in [-0.3, -0.25) is 9.59 Å². The summed E-state index contributed by atoms with van der Waals surface area (Å²) >= 11 is 0. The molecule has 29 heavy (non-hydrogen) atoms. The fourth-order valence-electron chi connectivity index (χ4n) is 3.14. The number of carbonyl (C=O) groups excluding carboxylic acids is 2. The Bertz CT molecular complexity index is 1010. The van der Waals surface area contributed by atoms with Gasteiger partial charge in [-0.05, 0) is 41.0 Å². The van der Waals surface area contributed by atoms with Crippen molar-refractivity contribution in [1.29, 1.82) is 0 Å². The zero-order valence-electron chi connectivity index (χ0n) is 16.3. The van der Waals surface area contributed by atoms with Gasteiger partial charge in [0.1, 0.15) is 11.9 Å². The Morgan fingerprint density at radius 2 is 1.79 bits per heavy atom. The predicted octanol–water partition coefficient (Wildman–Crippen LogP) is 2.13. The molecule has 1 amide bonds. The van der Waals surface area contributed by atoms with Crippen molar-refractivity contribution in [2.24, 2.45) is 0 Å². The highest BCUT2D eigenvalue weighted by Gasteiger charge is 2.24. The van der Waals surface area contributed by atoms with Crippen LogP contribution < -0.4 is 10.1 Å². The molecule has 7 nitrogen and oxygen atoms in total. The molecule has 0 fully saturated rings. The van der Waals surface area contributed by atoms with Gasteiger partial charge in [-0.15, -0.1) is 0 Å². The standard InChI is InChI=1S/C21H23NO6S/c1-27-21(24)10-9-20(23)22-13-17-12-16-11-15(5-8-19(16)28-17)14-3-6-18(7-4-14)29(2,25)26/h3-8,11,17H,9-10,12-13H2,1-2H3,(H,22,23)/t17-/m0/s1. The Balaban J connectivity index is 1.59. The molecule has 1 N–H and O–H groups in total. The molecule has 0 saturated heterocycles. The van der Waals surface area contributed by atoms with Gasteiger partial charge in [-0.25, -0.2) is 8.42 Å². The maximum Gasteiger partial charge on any atom is 0.306 e. The number of hydrogen-bond donors (Lipinski definition) is 1. The molecule has 0 spiro atoms. The molecule has 3 rings (SSSR count). The highest BCUT2D eigenvalue weighted by atomic mass is 32.2. The fourth-order valence-corrected chi connectivity index (χ4v) is 3.77. The van der Waals surface area contributed by atoms with Crippen LogP contribution in [0, 0.1) is 0 Å². The number of benzene rings is 2. The molecule has 8 heteroatoms. The lowest BCUT2D eigenvalue weighted by Gasteiger charge is -2.11. The first-order valence-electron chi connectivity index (χ1n) is 9.20. The van der Waals surface area contributed by atoms with Crippen LogP contribution in [0.15, 0.2) is 47.4 Å². The summed E-state index contributed by atoms with van der Waals surface area (Å²) in [5, 5.41) is 2.78. The van der Waals surface area contributed by atoms with Gasteiger partial charge in [0.15, 0.2) is 9.84 Å². The number of nitrogens with one attached hydrogen (secondary N) is 1. The van der Waals surface area contributed by atoms with Crippen molar-refractivity contribution in [3.8, 4) is 16.9 Å². The lowest BCUT2D eigenvalue weighted by Crippen LogP contribution is -2.34. The Labute approximate surface area is 169 Å². The van der Waals surface area contributed by atoms with E-state index in [-0.39, 0.29) is 29.7 Å². The molecule has 2 aromatic rings. The molecule has 0 radical (unpaired) electrons. The summed E-state index contributed by atoms with van der Waals surface area (Å²) in [4.78, 5) is 23.2. The summed E-state index contributed by atoms with van der Waals surface area (Å²) in [7, 11) is -1.93. The largest absolute Gasteiger partial charge is 0.488 e. The van der Waals surface area contributed by atoms with Crippen LogP contribution in [0.3, 0.4) is 0 Å². The minimum Gasteiger partial charge on any atom is -0.488 e. The third-order valence-corrected chi connectivity index (χ3v) is 5.86. The Kier molecular flexibility index (Phi) is 6.22. The minimum atomic E-state index is -3.22. The van der Waals surface area contributed by atoms with Crippen molar-refractivity contribution in [3.63, 3.8) is 0 Å². The fraction of sp³-hybridized carbons (Fsp3) is 0.333. The Hall–Kier alpha value is -2.87. The zero-order valence-corrected chi connectivity index (χ0v) is 17.1. The first kappa shape index (κ1) is 20.9. The Morgan fingerprint density at radius 1 is 1.10 bits per heavy atom. The number of amides is 1. The molecule has 1 aliphatic heterocycles. The zero-order chi connectivity index (χ0) is 21.0. The van der Waals surface area contributed by atoms with Gasteiger partial charge in [-0.2, -0.15) is 0 Å². The van der Waals surface area contributed by atoms with Crippen LogP contribution in [0.2, 0.25) is 0 Å². The minimum absolute atomic E-state index is 0.0512. The third-order valence-electron chi connectivity index (χ3n) is 4.73. The molecule has 0 unspecified atom stereocenters. The summed E-state index contributed by atoms with van der Waals surface area (Å²) < 4.78 is 33.6. The van der Waals surface area contributed by atoms with Crippen LogP contribution in [0.5, 0.6) is 5.75 Å². The van der Waals surface area contributed by atoms with Gasteiger partial charge in [-0.1, -0.05) is 18.2 Å². The highest BCUT2D eigenvalue weighted by molar-refractivity contribution is 7.90. The van der Waals surface area contributed by atoms with E-state index in [0.29, 0.717) is 13.0 Å². The molecule has 0 aromatic heterocycles. The monoisotopic (exact) mass is 417 g/mol. The van der Waals surface area contributed by atoms with Gasteiger partial charge >= 0.3 is 5.97 Å². The molecule has 1 atom stereocenters. The second-order valence-corrected chi connectivity index (χ2v) is 8.96. The second kappa shape index (κ2) is 8.65. The van der Waals surface area contributed by atoms with Gasteiger partial charge in [0.25, 0.3) is 0 Å². The van der Waals surface area contributed by atoms with Crippen molar-refractivity contribution >= 4 is 21.7 Å². The number of esters is 1. The number of fused-ring (bicyclic) bond motifs is 1. The van der Waals surface area contributed by atoms with Crippen LogP contribution >= 0.6 is 0 Å². The number of ether oxygens (including phenoxy) is 2. The van der Waals surface area contributed by atoms with Crippen LogP contribution in [0.1, 0.15) is 18.4 Å². The van der Waals surface area contributed by atoms with Crippen LogP contribution in [-0.2, 0) is 30.6 Å². The van der Waals surface area contributed by atoms with Crippen molar-refractivity contribution in [3.05, 3.63) is 48.0 Å². The molecular formula is C21H23NO6S. The number of hydrogen-bond acceptors (Lipinski definition) is 6. The van der Waals surface area contributed by atoms with Gasteiger partial charge in [0.2, 0.25) is 5.91 Å². The molecule has 0 aliphatic carbocycles. The van der Waals surface area contributed by atoms with E-state index in [1.54, 1.807) is 24.3 Å². The second-order valence-electron chi connectivity index (χ2n) is 6.94. The molecule has 2 aromatic carbocycles. The molecule has 0 saturated carbocycles. The van der Waals surface area contributed by atoms with Crippen molar-refractivity contribution < 1.29 is 27.5 Å². The average Bonchev–Trinajstić information content (AvgIpc) is 3.12. The first-order valence-corrected chi connectivity index (χ1v) is 11.1. The molecule has 1 aliphatic rings. The normalized spacial score (nSPS) is 15.3. The predicted molar refractivity (Wildman–Crippen MR) is 107 cm³/mol. The number of rotatable bonds is 7. The highest BCUT2D eigenvalue weighted by Crippen LogP contribution is 2.33. The average molecular weight is 417 g/mol. The summed E-state index contributed by atoms with van der Waals surface area (Å²) in [6.07, 6.45) is 1.80. The number of methoxy groups -OCH3 is 1. The third kappa shape index (κ3) is 5.35. The van der Waals surface area contributed by atoms with Crippen LogP contribution in [0.25, 0.3) is 11.1 Å². The van der Waals surface area contributed by atoms with E-state index >= 15 is 0 Å². The maximum absolute atomic E-state index is 11.8. The quantitative estimate of drug-likeness (QED) is 0.693. The molecule has 0 bridgehead atoms. The molecule has 1 heterocycles. The van der Waals surface area contributed by atoms with E-state index in [1.807, 2.05) is 18.2 Å². The van der Waals surface area contributed by atoms with E-state index in [9.17, 15) is 18.0 Å². The van der Waals surface area contributed by atoms with Gasteiger partial charge in [0, 0.05) is 19.1 Å². The molecule has 154 valence electrons. The summed E-state index contributed by atoms with van der Waals surface area (Å²) in [5.41, 5.74) is 2.92. The van der Waals surface area contributed by atoms with Crippen LogP contribution in [0.4, 0.5) is 0 Å². The lowest BCUT2D eigenvalue weighted by atomic mass is 10.0. The summed E-state index contributed by atoms with van der Waals surface area (Å²) in [6, 6.07) is 12.6. The number of carbonyl (C=O) groups is 2. The first-order chi connectivity index (χ1) is 13.8. The van der Waals surface area contributed by atoms with E-state index in [1.165, 1.54) is 13.4 Å². The van der Waals surface area contributed by atoms with Crippen molar-refractivity contribution in [1.82, 2.24) is 5.32 Å². The Morgan fingerprint density at radius 3 is 2.45 bits per heavy atom. The topological polar surface area (TPSA) is 98.8 Å². The van der Waals surface area contributed by atoms with E-state index < -0.39 is 15.8 Å². The van der Waals surface area contributed by atoms with Gasteiger partial charge in [0.05, 0.1) is 25.0 Å². The lowest BCUT2D eigenvalue weighted by molar-refractivity contribution is -0.142. The van der Waals surface area contributed by atoms with Gasteiger partial charge < -0.3 is 14.8 Å². The SMILES string of the molecule is COC(=O)CCC(=O)NC[C@@H]1Cc2cc(-c3ccc(S(C)(=O)=O)cc3)ccc2O1. The van der Waals surface area contributed by atoms with E-state index in [0.717, 1.165) is 22.4 Å². The maximum atomic E-state index is 11.8. The van der Waals surface area contributed by atoms with E-state index in [4.69, 9.17) is 4.74 Å². The number of sulfone groups is 1. The summed E-state index contributed by atoms with van der Waals surface area (Å²) in [5.74, 6) is 0.138. The van der Waals surface area contributed by atoms with Crippen molar-refractivity contribution in [2.75, 3.05) is 19.9 Å². The summed E-state index contributed by atoms with van der Waals surface area (Å²) in [6.45, 7) is 0.354.